The van der Waals surface area contributed by atoms with Crippen molar-refractivity contribution in [2.45, 2.75) is 118 Å². The van der Waals surface area contributed by atoms with Gasteiger partial charge in [-0.3, -0.25) is 9.59 Å². The Hall–Kier alpha value is -2.22. The molecule has 0 saturated carbocycles. The lowest BCUT2D eigenvalue weighted by atomic mass is 9.94. The largest absolute Gasteiger partial charge is 0.444 e. The molecule has 0 fully saturated rings. The maximum absolute atomic E-state index is 14.0. The summed E-state index contributed by atoms with van der Waals surface area (Å²) in [7, 11) is 0. The van der Waals surface area contributed by atoms with Crippen LogP contribution in [-0.4, -0.2) is 52.3 Å². The number of amides is 3. The molecule has 0 heterocycles. The average molecular weight is 536 g/mol. The molecule has 1 rings (SSSR count). The summed E-state index contributed by atoms with van der Waals surface area (Å²) in [4.78, 5) is 41.9. The highest BCUT2D eigenvalue weighted by atomic mass is 32.1. The first kappa shape index (κ1) is 32.8. The zero-order valence-corrected chi connectivity index (χ0v) is 25.3. The summed E-state index contributed by atoms with van der Waals surface area (Å²) >= 11 is 4.37. The monoisotopic (exact) mass is 535 g/mol. The summed E-state index contributed by atoms with van der Waals surface area (Å²) < 4.78 is 5.38. The molecule has 0 spiro atoms. The number of nitrogens with zero attached hydrogens (tertiary/aromatic N) is 1. The standard InChI is InChI=1S/C29H49N3O4S/c1-10-11-12-13-14-18-32(26(34)23(19-37)30-27(35)36-29(7,8)9)24(25(33)31-28(4,5)6)22-17-15-16-20(2)21(22)3/h15-17,23-24,37H,10-14,18-19H2,1-9H3,(H,30,35)(H,31,33). The number of aryl methyl sites for hydroxylation is 1. The lowest BCUT2D eigenvalue weighted by molar-refractivity contribution is -0.142. The number of ether oxygens (including phenoxy) is 1. The fraction of sp³-hybridized carbons (Fsp3) is 0.690. The topological polar surface area (TPSA) is 87.7 Å². The Balaban J connectivity index is 3.48. The van der Waals surface area contributed by atoms with Crippen molar-refractivity contribution in [2.24, 2.45) is 0 Å². The van der Waals surface area contributed by atoms with E-state index in [9.17, 15) is 14.4 Å². The van der Waals surface area contributed by atoms with Crippen LogP contribution in [0.2, 0.25) is 0 Å². The van der Waals surface area contributed by atoms with Gasteiger partial charge in [-0.05, 0) is 78.5 Å². The van der Waals surface area contributed by atoms with Crippen molar-refractivity contribution in [3.05, 3.63) is 34.9 Å². The van der Waals surface area contributed by atoms with E-state index < -0.39 is 29.3 Å². The minimum atomic E-state index is -0.941. The second-order valence-electron chi connectivity index (χ2n) is 11.8. The second-order valence-corrected chi connectivity index (χ2v) is 12.1. The van der Waals surface area contributed by atoms with Crippen molar-refractivity contribution in [3.8, 4) is 0 Å². The second kappa shape index (κ2) is 14.6. The molecule has 0 aliphatic carbocycles. The van der Waals surface area contributed by atoms with Crippen molar-refractivity contribution in [3.63, 3.8) is 0 Å². The summed E-state index contributed by atoms with van der Waals surface area (Å²) in [6, 6.07) is 4.02. The van der Waals surface area contributed by atoms with Crippen molar-refractivity contribution in [1.82, 2.24) is 15.5 Å². The minimum Gasteiger partial charge on any atom is -0.444 e. The van der Waals surface area contributed by atoms with Crippen molar-refractivity contribution < 1.29 is 19.1 Å². The first-order chi connectivity index (χ1) is 17.1. The molecule has 3 amide bonds. The van der Waals surface area contributed by atoms with E-state index in [4.69, 9.17) is 4.74 Å². The average Bonchev–Trinajstić information content (AvgIpc) is 2.76. The van der Waals surface area contributed by atoms with Crippen LogP contribution >= 0.6 is 12.6 Å². The van der Waals surface area contributed by atoms with E-state index in [0.717, 1.165) is 48.8 Å². The van der Waals surface area contributed by atoms with Crippen LogP contribution in [-0.2, 0) is 14.3 Å². The predicted octanol–water partition coefficient (Wildman–Crippen LogP) is 5.88. The lowest BCUT2D eigenvalue weighted by Gasteiger charge is -2.36. The van der Waals surface area contributed by atoms with Gasteiger partial charge < -0.3 is 20.3 Å². The van der Waals surface area contributed by atoms with Gasteiger partial charge in [0.1, 0.15) is 17.7 Å². The maximum atomic E-state index is 14.0. The Labute approximate surface area is 229 Å². The van der Waals surface area contributed by atoms with Gasteiger partial charge >= 0.3 is 6.09 Å². The molecule has 0 aliphatic heterocycles. The smallest absolute Gasteiger partial charge is 0.408 e. The molecule has 2 atom stereocenters. The maximum Gasteiger partial charge on any atom is 0.408 e. The third kappa shape index (κ3) is 11.4. The van der Waals surface area contributed by atoms with Gasteiger partial charge in [-0.2, -0.15) is 12.6 Å². The zero-order valence-electron chi connectivity index (χ0n) is 24.4. The molecule has 210 valence electrons. The van der Waals surface area contributed by atoms with E-state index in [1.807, 2.05) is 52.8 Å². The van der Waals surface area contributed by atoms with Gasteiger partial charge in [0.15, 0.2) is 0 Å². The fourth-order valence-corrected chi connectivity index (χ4v) is 4.29. The Morgan fingerprint density at radius 1 is 1.00 bits per heavy atom. The van der Waals surface area contributed by atoms with Gasteiger partial charge in [0.2, 0.25) is 11.8 Å². The SMILES string of the molecule is CCCCCCCN(C(=O)C(CS)NC(=O)OC(C)(C)C)C(C(=O)NC(C)(C)C)c1cccc(C)c1C. The number of hydrogen-bond acceptors (Lipinski definition) is 5. The van der Waals surface area contributed by atoms with E-state index in [1.165, 1.54) is 0 Å². The van der Waals surface area contributed by atoms with Crippen LogP contribution in [0.1, 0.15) is 103 Å². The van der Waals surface area contributed by atoms with Gasteiger partial charge in [0.05, 0.1) is 0 Å². The van der Waals surface area contributed by atoms with Gasteiger partial charge in [0.25, 0.3) is 0 Å². The minimum absolute atomic E-state index is 0.0742. The predicted molar refractivity (Wildman–Crippen MR) is 154 cm³/mol. The number of hydrogen-bond donors (Lipinski definition) is 3. The van der Waals surface area contributed by atoms with Crippen molar-refractivity contribution >= 4 is 30.5 Å². The molecule has 0 aromatic heterocycles. The highest BCUT2D eigenvalue weighted by Crippen LogP contribution is 2.28. The van der Waals surface area contributed by atoms with Crippen molar-refractivity contribution in [1.29, 1.82) is 0 Å². The van der Waals surface area contributed by atoms with Gasteiger partial charge in [-0.1, -0.05) is 50.8 Å². The van der Waals surface area contributed by atoms with Crippen LogP contribution in [0.4, 0.5) is 4.79 Å². The molecule has 1 aromatic carbocycles. The highest BCUT2D eigenvalue weighted by Gasteiger charge is 2.37. The Kier molecular flexibility index (Phi) is 13.0. The molecule has 37 heavy (non-hydrogen) atoms. The van der Waals surface area contributed by atoms with Crippen LogP contribution in [0.25, 0.3) is 0 Å². The zero-order chi connectivity index (χ0) is 28.4. The number of thiol groups is 1. The molecule has 2 unspecified atom stereocenters. The number of carbonyl (C=O) groups is 3. The number of unbranched alkanes of at least 4 members (excludes halogenated alkanes) is 4. The molecule has 0 saturated heterocycles. The Morgan fingerprint density at radius 2 is 1.62 bits per heavy atom. The number of nitrogens with one attached hydrogen (secondary N) is 2. The molecule has 0 aliphatic rings. The van der Waals surface area contributed by atoms with Crippen LogP contribution in [0.5, 0.6) is 0 Å². The van der Waals surface area contributed by atoms with Gasteiger partial charge in [0, 0.05) is 17.8 Å². The highest BCUT2D eigenvalue weighted by molar-refractivity contribution is 7.80. The molecule has 2 N–H and O–H groups in total. The molecule has 0 bridgehead atoms. The van der Waals surface area contributed by atoms with E-state index in [1.54, 1.807) is 25.7 Å². The summed E-state index contributed by atoms with van der Waals surface area (Å²) in [5.41, 5.74) is 1.59. The summed E-state index contributed by atoms with van der Waals surface area (Å²) in [5, 5.41) is 5.75. The molecular formula is C29H49N3O4S. The first-order valence-corrected chi connectivity index (χ1v) is 14.0. The molecule has 7 nitrogen and oxygen atoms in total. The van der Waals surface area contributed by atoms with Crippen molar-refractivity contribution in [2.75, 3.05) is 12.3 Å². The van der Waals surface area contributed by atoms with Crippen LogP contribution < -0.4 is 10.6 Å². The summed E-state index contributed by atoms with van der Waals surface area (Å²) in [5.74, 6) is -0.533. The summed E-state index contributed by atoms with van der Waals surface area (Å²) in [6.45, 7) is 17.6. The van der Waals surface area contributed by atoms with E-state index in [0.29, 0.717) is 6.54 Å². The number of benzene rings is 1. The molecule has 0 radical (unpaired) electrons. The first-order valence-electron chi connectivity index (χ1n) is 13.4. The number of rotatable bonds is 12. The summed E-state index contributed by atoms with van der Waals surface area (Å²) in [6.07, 6.45) is 4.31. The normalized spacial score (nSPS) is 13.5. The Morgan fingerprint density at radius 3 is 2.16 bits per heavy atom. The quantitative estimate of drug-likeness (QED) is 0.230. The fourth-order valence-electron chi connectivity index (χ4n) is 4.05. The van der Waals surface area contributed by atoms with E-state index in [2.05, 4.69) is 30.2 Å². The van der Waals surface area contributed by atoms with Crippen LogP contribution in [0.15, 0.2) is 18.2 Å². The number of carbonyl (C=O) groups excluding carboxylic acids is 3. The third-order valence-corrected chi connectivity index (χ3v) is 6.32. The van der Waals surface area contributed by atoms with E-state index in [-0.39, 0.29) is 17.6 Å². The number of alkyl carbamates (subject to hydrolysis) is 1. The van der Waals surface area contributed by atoms with Crippen LogP contribution in [0.3, 0.4) is 0 Å². The Bertz CT molecular complexity index is 905. The lowest BCUT2D eigenvalue weighted by Crippen LogP contribution is -2.55. The van der Waals surface area contributed by atoms with Gasteiger partial charge in [-0.15, -0.1) is 0 Å². The molecular weight excluding hydrogens is 486 g/mol. The van der Waals surface area contributed by atoms with Gasteiger partial charge in [-0.25, -0.2) is 4.79 Å². The molecule has 1 aromatic rings. The third-order valence-electron chi connectivity index (χ3n) is 5.96. The van der Waals surface area contributed by atoms with Crippen LogP contribution in [0, 0.1) is 13.8 Å². The van der Waals surface area contributed by atoms with E-state index >= 15 is 0 Å². The molecule has 8 heteroatoms.